The van der Waals surface area contributed by atoms with Crippen LogP contribution in [0, 0.1) is 5.92 Å². The third-order valence-electron chi connectivity index (χ3n) is 3.21. The molecule has 1 aromatic rings. The lowest BCUT2D eigenvalue weighted by Gasteiger charge is -2.26. The molecular weight excluding hydrogens is 268 g/mol. The van der Waals surface area contributed by atoms with E-state index in [-0.39, 0.29) is 10.8 Å². The molecule has 1 aliphatic rings. The zero-order chi connectivity index (χ0) is 13.9. The fraction of sp³-hybridized carbons (Fsp3) is 0.636. The Bertz CT molecular complexity index is 511. The summed E-state index contributed by atoms with van der Waals surface area (Å²) in [6.07, 6.45) is 4.24. The van der Waals surface area contributed by atoms with Gasteiger partial charge in [-0.2, -0.15) is 0 Å². The first-order valence-electron chi connectivity index (χ1n) is 6.12. The molecule has 1 saturated heterocycles. The number of hydrogen-bond donors (Lipinski definition) is 1. The van der Waals surface area contributed by atoms with Crippen LogP contribution in [0.2, 0.25) is 0 Å². The van der Waals surface area contributed by atoms with Crippen molar-refractivity contribution in [2.75, 3.05) is 32.5 Å². The summed E-state index contributed by atoms with van der Waals surface area (Å²) in [5.41, 5.74) is 5.35. The Hall–Kier alpha value is -1.25. The molecule has 1 aliphatic heterocycles. The highest BCUT2D eigenvalue weighted by Gasteiger charge is 2.25. The summed E-state index contributed by atoms with van der Waals surface area (Å²) in [5, 5.41) is 0. The van der Waals surface area contributed by atoms with Gasteiger partial charge in [0.05, 0.1) is 12.4 Å². The van der Waals surface area contributed by atoms with E-state index in [2.05, 4.69) is 9.97 Å². The summed E-state index contributed by atoms with van der Waals surface area (Å²) < 4.78 is 31.2. The first-order chi connectivity index (χ1) is 9.00. The van der Waals surface area contributed by atoms with E-state index in [1.807, 2.05) is 0 Å². The Morgan fingerprint density at radius 1 is 1.37 bits per heavy atom. The van der Waals surface area contributed by atoms with E-state index in [0.29, 0.717) is 25.7 Å². The molecule has 1 aromatic heterocycles. The van der Waals surface area contributed by atoms with E-state index < -0.39 is 10.0 Å². The number of aromatic nitrogens is 2. The molecule has 8 heteroatoms. The molecular formula is C11H18N4O3S. The molecule has 0 unspecified atom stereocenters. The van der Waals surface area contributed by atoms with Gasteiger partial charge in [0.2, 0.25) is 16.0 Å². The Morgan fingerprint density at radius 3 is 2.53 bits per heavy atom. The second-order valence-corrected chi connectivity index (χ2v) is 6.66. The molecule has 0 saturated carbocycles. The molecule has 0 radical (unpaired) electrons. The molecule has 7 nitrogen and oxygen atoms in total. The molecule has 2 rings (SSSR count). The van der Waals surface area contributed by atoms with Crippen molar-refractivity contribution in [2.24, 2.45) is 5.92 Å². The minimum atomic E-state index is -3.54. The molecule has 2 N–H and O–H groups in total. The van der Waals surface area contributed by atoms with Crippen molar-refractivity contribution in [1.29, 1.82) is 0 Å². The van der Waals surface area contributed by atoms with Crippen molar-refractivity contribution in [2.45, 2.75) is 17.7 Å². The smallest absolute Gasteiger partial charge is 0.245 e. The number of nitrogen functional groups attached to an aromatic ring is 1. The fourth-order valence-corrected chi connectivity index (χ4v) is 3.17. The Morgan fingerprint density at radius 2 is 1.95 bits per heavy atom. The van der Waals surface area contributed by atoms with Crippen LogP contribution in [0.15, 0.2) is 17.3 Å². The van der Waals surface area contributed by atoms with Gasteiger partial charge in [-0.05, 0) is 18.8 Å². The largest absolute Gasteiger partial charge is 0.381 e. The van der Waals surface area contributed by atoms with E-state index in [0.717, 1.165) is 12.8 Å². The van der Waals surface area contributed by atoms with Gasteiger partial charge in [-0.3, -0.25) is 0 Å². The van der Waals surface area contributed by atoms with Gasteiger partial charge in [0.1, 0.15) is 4.90 Å². The number of sulfonamides is 1. The minimum absolute atomic E-state index is 0.0611. The average molecular weight is 286 g/mol. The van der Waals surface area contributed by atoms with Crippen LogP contribution in [0.3, 0.4) is 0 Å². The molecule has 0 atom stereocenters. The van der Waals surface area contributed by atoms with E-state index in [9.17, 15) is 8.42 Å². The fourth-order valence-electron chi connectivity index (χ4n) is 2.03. The van der Waals surface area contributed by atoms with Gasteiger partial charge in [-0.15, -0.1) is 0 Å². The topological polar surface area (TPSA) is 98.4 Å². The Kier molecular flexibility index (Phi) is 4.33. The summed E-state index contributed by atoms with van der Waals surface area (Å²) in [4.78, 5) is 7.50. The monoisotopic (exact) mass is 286 g/mol. The summed E-state index contributed by atoms with van der Waals surface area (Å²) in [6, 6.07) is 0. The molecule has 19 heavy (non-hydrogen) atoms. The third-order valence-corrected chi connectivity index (χ3v) is 4.99. The average Bonchev–Trinajstić information content (AvgIpc) is 2.40. The number of anilines is 1. The quantitative estimate of drug-likeness (QED) is 0.843. The van der Waals surface area contributed by atoms with E-state index >= 15 is 0 Å². The zero-order valence-electron chi connectivity index (χ0n) is 10.8. The molecule has 1 fully saturated rings. The van der Waals surface area contributed by atoms with Crippen LogP contribution in [0.25, 0.3) is 0 Å². The van der Waals surface area contributed by atoms with Crippen LogP contribution in [0.1, 0.15) is 12.8 Å². The van der Waals surface area contributed by atoms with Crippen molar-refractivity contribution in [3.63, 3.8) is 0 Å². The number of hydrogen-bond acceptors (Lipinski definition) is 6. The normalized spacial score (nSPS) is 17.8. The summed E-state index contributed by atoms with van der Waals surface area (Å²) in [5.74, 6) is 0.397. The lowest BCUT2D eigenvalue weighted by molar-refractivity contribution is 0.0620. The zero-order valence-corrected chi connectivity index (χ0v) is 11.6. The van der Waals surface area contributed by atoms with Crippen molar-refractivity contribution < 1.29 is 13.2 Å². The number of nitrogens with two attached hydrogens (primary N) is 1. The van der Waals surface area contributed by atoms with E-state index in [1.54, 1.807) is 7.05 Å². The van der Waals surface area contributed by atoms with E-state index in [1.165, 1.54) is 16.7 Å². The molecule has 106 valence electrons. The highest BCUT2D eigenvalue weighted by atomic mass is 32.2. The van der Waals surface area contributed by atoms with Gasteiger partial charge in [-0.25, -0.2) is 22.7 Å². The second kappa shape index (κ2) is 5.81. The van der Waals surface area contributed by atoms with Crippen LogP contribution < -0.4 is 5.73 Å². The molecule has 0 aliphatic carbocycles. The predicted octanol–water partition coefficient (Wildman–Crippen LogP) is 0.106. The van der Waals surface area contributed by atoms with Crippen LogP contribution in [-0.4, -0.2) is 49.5 Å². The van der Waals surface area contributed by atoms with Crippen molar-refractivity contribution in [3.05, 3.63) is 12.4 Å². The van der Waals surface area contributed by atoms with Gasteiger partial charge in [0.15, 0.2) is 0 Å². The third kappa shape index (κ3) is 3.40. The maximum absolute atomic E-state index is 12.3. The predicted molar refractivity (Wildman–Crippen MR) is 69.8 cm³/mol. The van der Waals surface area contributed by atoms with Crippen molar-refractivity contribution in [3.8, 4) is 0 Å². The minimum Gasteiger partial charge on any atom is -0.381 e. The molecule has 0 amide bonds. The summed E-state index contributed by atoms with van der Waals surface area (Å²) in [6.45, 7) is 1.88. The molecule has 0 bridgehead atoms. The summed E-state index contributed by atoms with van der Waals surface area (Å²) in [7, 11) is -1.97. The number of rotatable bonds is 4. The summed E-state index contributed by atoms with van der Waals surface area (Å²) >= 11 is 0. The van der Waals surface area contributed by atoms with Gasteiger partial charge in [-0.1, -0.05) is 0 Å². The van der Waals surface area contributed by atoms with Gasteiger partial charge >= 0.3 is 0 Å². The maximum atomic E-state index is 12.3. The Balaban J connectivity index is 2.07. The van der Waals surface area contributed by atoms with E-state index in [4.69, 9.17) is 10.5 Å². The lowest BCUT2D eigenvalue weighted by atomic mass is 10.0. The number of nitrogens with zero attached hydrogens (tertiary/aromatic N) is 3. The lowest BCUT2D eigenvalue weighted by Crippen LogP contribution is -2.34. The number of ether oxygens (including phenoxy) is 1. The Labute approximate surface area is 112 Å². The SMILES string of the molecule is CN(CC1CCOCC1)S(=O)(=O)c1cnc(N)nc1. The standard InChI is InChI=1S/C11H18N4O3S/c1-15(8-9-2-4-18-5-3-9)19(16,17)10-6-13-11(12)14-7-10/h6-7,9H,2-5,8H2,1H3,(H2,12,13,14). The van der Waals surface area contributed by atoms with Crippen molar-refractivity contribution >= 4 is 16.0 Å². The molecule has 2 heterocycles. The maximum Gasteiger partial charge on any atom is 0.245 e. The second-order valence-electron chi connectivity index (χ2n) is 4.62. The van der Waals surface area contributed by atoms with Gasteiger partial charge in [0.25, 0.3) is 0 Å². The van der Waals surface area contributed by atoms with Gasteiger partial charge < -0.3 is 10.5 Å². The van der Waals surface area contributed by atoms with Crippen molar-refractivity contribution in [1.82, 2.24) is 14.3 Å². The van der Waals surface area contributed by atoms with Gasteiger partial charge in [0, 0.05) is 26.8 Å². The first kappa shape index (κ1) is 14.2. The highest BCUT2D eigenvalue weighted by molar-refractivity contribution is 7.89. The first-order valence-corrected chi connectivity index (χ1v) is 7.56. The molecule has 0 spiro atoms. The molecule has 0 aromatic carbocycles. The highest BCUT2D eigenvalue weighted by Crippen LogP contribution is 2.19. The van der Waals surface area contributed by atoms with Crippen LogP contribution >= 0.6 is 0 Å². The van der Waals surface area contributed by atoms with Crippen LogP contribution in [0.4, 0.5) is 5.95 Å². The van der Waals surface area contributed by atoms with Crippen LogP contribution in [-0.2, 0) is 14.8 Å². The van der Waals surface area contributed by atoms with Crippen LogP contribution in [0.5, 0.6) is 0 Å².